The lowest BCUT2D eigenvalue weighted by atomic mass is 9.95. The van der Waals surface area contributed by atoms with Gasteiger partial charge in [0.1, 0.15) is 17.4 Å². The summed E-state index contributed by atoms with van der Waals surface area (Å²) in [5.41, 5.74) is 8.88. The van der Waals surface area contributed by atoms with Gasteiger partial charge in [0.25, 0.3) is 0 Å². The van der Waals surface area contributed by atoms with Gasteiger partial charge in [-0.15, -0.1) is 12.4 Å². The second-order valence-corrected chi connectivity index (χ2v) is 4.95. The standard InChI is InChI=1S/C16H17FN2O.ClH/c1-2-13-11(6-8-14(18)19-13)15-12(17)7-5-10-4-3-9-20-16(10)15;/h5-8H,2-4,9H2,1H3,(H2,18,19);1H. The van der Waals surface area contributed by atoms with Crippen LogP contribution in [0.5, 0.6) is 5.75 Å². The van der Waals surface area contributed by atoms with Gasteiger partial charge in [-0.05, 0) is 43.0 Å². The van der Waals surface area contributed by atoms with Gasteiger partial charge in [-0.25, -0.2) is 9.37 Å². The van der Waals surface area contributed by atoms with Crippen LogP contribution < -0.4 is 10.5 Å². The van der Waals surface area contributed by atoms with Gasteiger partial charge >= 0.3 is 0 Å². The van der Waals surface area contributed by atoms with Crippen LogP contribution in [0, 0.1) is 5.82 Å². The van der Waals surface area contributed by atoms with Gasteiger partial charge in [-0.1, -0.05) is 13.0 Å². The molecule has 0 atom stereocenters. The zero-order chi connectivity index (χ0) is 14.1. The number of ether oxygens (including phenoxy) is 1. The third-order valence-electron chi connectivity index (χ3n) is 3.63. The van der Waals surface area contributed by atoms with Crippen LogP contribution in [0.25, 0.3) is 11.1 Å². The summed E-state index contributed by atoms with van der Waals surface area (Å²) in [6.45, 7) is 2.62. The maximum Gasteiger partial charge on any atom is 0.134 e. The molecule has 2 aromatic rings. The van der Waals surface area contributed by atoms with E-state index in [1.165, 1.54) is 6.07 Å². The van der Waals surface area contributed by atoms with Crippen LogP contribution in [0.15, 0.2) is 24.3 Å². The summed E-state index contributed by atoms with van der Waals surface area (Å²) in [5.74, 6) is 0.848. The number of nitrogen functional groups attached to an aromatic ring is 1. The highest BCUT2D eigenvalue weighted by Gasteiger charge is 2.21. The van der Waals surface area contributed by atoms with Crippen molar-refractivity contribution in [2.24, 2.45) is 0 Å². The number of aromatic nitrogens is 1. The lowest BCUT2D eigenvalue weighted by molar-refractivity contribution is 0.288. The Kier molecular flexibility index (Phi) is 4.68. The fraction of sp³-hybridized carbons (Fsp3) is 0.312. The lowest BCUT2D eigenvalue weighted by Crippen LogP contribution is -2.11. The molecular weight excluding hydrogens is 291 g/mol. The van der Waals surface area contributed by atoms with Gasteiger partial charge in [0.15, 0.2) is 0 Å². The minimum atomic E-state index is -0.271. The summed E-state index contributed by atoms with van der Waals surface area (Å²) in [5, 5.41) is 0. The van der Waals surface area contributed by atoms with Gasteiger partial charge in [-0.3, -0.25) is 0 Å². The molecule has 3 nitrogen and oxygen atoms in total. The second kappa shape index (κ2) is 6.31. The van der Waals surface area contributed by atoms with Gasteiger partial charge < -0.3 is 10.5 Å². The molecule has 5 heteroatoms. The number of hydrogen-bond donors (Lipinski definition) is 1. The topological polar surface area (TPSA) is 48.1 Å². The lowest BCUT2D eigenvalue weighted by Gasteiger charge is -2.22. The Balaban J connectivity index is 0.00000161. The fourth-order valence-electron chi connectivity index (χ4n) is 2.67. The number of nitrogens with two attached hydrogens (primary N) is 1. The molecule has 21 heavy (non-hydrogen) atoms. The number of benzene rings is 1. The van der Waals surface area contributed by atoms with E-state index in [-0.39, 0.29) is 18.2 Å². The Bertz CT molecular complexity index is 661. The second-order valence-electron chi connectivity index (χ2n) is 4.95. The summed E-state index contributed by atoms with van der Waals surface area (Å²) in [4.78, 5) is 4.31. The van der Waals surface area contributed by atoms with Crippen LogP contribution in [0.4, 0.5) is 10.2 Å². The molecule has 1 aromatic carbocycles. The SMILES string of the molecule is CCc1nc(N)ccc1-c1c(F)ccc2c1OCCC2.Cl. The number of anilines is 1. The Hall–Kier alpha value is -1.81. The van der Waals surface area contributed by atoms with Gasteiger partial charge in [0.2, 0.25) is 0 Å². The Morgan fingerprint density at radius 2 is 2.10 bits per heavy atom. The monoisotopic (exact) mass is 308 g/mol. The summed E-state index contributed by atoms with van der Waals surface area (Å²) >= 11 is 0. The number of pyridine rings is 1. The van der Waals surface area contributed by atoms with Crippen LogP contribution in [-0.2, 0) is 12.8 Å². The summed E-state index contributed by atoms with van der Waals surface area (Å²) < 4.78 is 20.1. The predicted molar refractivity (Wildman–Crippen MR) is 84.5 cm³/mol. The highest BCUT2D eigenvalue weighted by atomic mass is 35.5. The molecule has 0 bridgehead atoms. The molecule has 0 aliphatic carbocycles. The van der Waals surface area contributed by atoms with Crippen molar-refractivity contribution < 1.29 is 9.13 Å². The molecule has 3 rings (SSSR count). The van der Waals surface area contributed by atoms with E-state index >= 15 is 0 Å². The van der Waals surface area contributed by atoms with E-state index in [2.05, 4.69) is 4.98 Å². The van der Waals surface area contributed by atoms with E-state index in [0.717, 1.165) is 29.7 Å². The van der Waals surface area contributed by atoms with Crippen molar-refractivity contribution in [2.75, 3.05) is 12.3 Å². The molecule has 0 unspecified atom stereocenters. The van der Waals surface area contributed by atoms with E-state index in [4.69, 9.17) is 10.5 Å². The van der Waals surface area contributed by atoms with E-state index in [1.807, 2.05) is 19.1 Å². The Morgan fingerprint density at radius 1 is 1.29 bits per heavy atom. The molecule has 0 spiro atoms. The van der Waals surface area contributed by atoms with E-state index in [1.54, 1.807) is 6.07 Å². The van der Waals surface area contributed by atoms with Crippen LogP contribution >= 0.6 is 12.4 Å². The molecule has 2 heterocycles. The van der Waals surface area contributed by atoms with Crippen molar-refractivity contribution in [2.45, 2.75) is 26.2 Å². The van der Waals surface area contributed by atoms with E-state index in [9.17, 15) is 4.39 Å². The molecular formula is C16H18ClFN2O. The van der Waals surface area contributed by atoms with Crippen molar-refractivity contribution in [3.63, 3.8) is 0 Å². The van der Waals surface area contributed by atoms with Crippen LogP contribution in [0.1, 0.15) is 24.6 Å². The minimum Gasteiger partial charge on any atom is -0.493 e. The van der Waals surface area contributed by atoms with Gasteiger partial charge in [0, 0.05) is 5.56 Å². The molecule has 0 saturated heterocycles. The molecule has 1 aliphatic heterocycles. The summed E-state index contributed by atoms with van der Waals surface area (Å²) in [7, 11) is 0. The highest BCUT2D eigenvalue weighted by Crippen LogP contribution is 2.39. The number of halogens is 2. The van der Waals surface area contributed by atoms with Crippen molar-refractivity contribution in [1.29, 1.82) is 0 Å². The first-order chi connectivity index (χ1) is 9.70. The molecule has 2 N–H and O–H groups in total. The number of nitrogens with zero attached hydrogens (tertiary/aromatic N) is 1. The number of aryl methyl sites for hydroxylation is 2. The van der Waals surface area contributed by atoms with Crippen molar-refractivity contribution in [3.8, 4) is 16.9 Å². The molecule has 0 fully saturated rings. The zero-order valence-corrected chi connectivity index (χ0v) is 12.7. The number of rotatable bonds is 2. The fourth-order valence-corrected chi connectivity index (χ4v) is 2.67. The molecule has 0 saturated carbocycles. The molecule has 1 aromatic heterocycles. The molecule has 0 radical (unpaired) electrons. The predicted octanol–water partition coefficient (Wildman–Crippen LogP) is 3.78. The average molecular weight is 309 g/mol. The Labute approximate surface area is 129 Å². The van der Waals surface area contributed by atoms with Crippen molar-refractivity contribution in [1.82, 2.24) is 4.98 Å². The highest BCUT2D eigenvalue weighted by molar-refractivity contribution is 5.85. The van der Waals surface area contributed by atoms with Gasteiger partial charge in [0.05, 0.1) is 17.9 Å². The third kappa shape index (κ3) is 2.81. The molecule has 112 valence electrons. The third-order valence-corrected chi connectivity index (χ3v) is 3.63. The average Bonchev–Trinajstić information content (AvgIpc) is 2.48. The Morgan fingerprint density at radius 3 is 2.86 bits per heavy atom. The maximum atomic E-state index is 14.3. The van der Waals surface area contributed by atoms with Crippen LogP contribution in [-0.4, -0.2) is 11.6 Å². The normalized spacial score (nSPS) is 13.0. The van der Waals surface area contributed by atoms with E-state index < -0.39 is 0 Å². The molecule has 1 aliphatic rings. The first-order valence-corrected chi connectivity index (χ1v) is 6.90. The quantitative estimate of drug-likeness (QED) is 0.918. The largest absolute Gasteiger partial charge is 0.493 e. The smallest absolute Gasteiger partial charge is 0.134 e. The zero-order valence-electron chi connectivity index (χ0n) is 11.9. The minimum absolute atomic E-state index is 0. The first kappa shape index (κ1) is 15.6. The van der Waals surface area contributed by atoms with Gasteiger partial charge in [-0.2, -0.15) is 0 Å². The van der Waals surface area contributed by atoms with Crippen LogP contribution in [0.2, 0.25) is 0 Å². The number of fused-ring (bicyclic) bond motifs is 1. The molecule has 0 amide bonds. The summed E-state index contributed by atoms with van der Waals surface area (Å²) in [6.07, 6.45) is 2.59. The van der Waals surface area contributed by atoms with E-state index in [0.29, 0.717) is 30.2 Å². The number of hydrogen-bond acceptors (Lipinski definition) is 3. The van der Waals surface area contributed by atoms with Crippen molar-refractivity contribution in [3.05, 3.63) is 41.3 Å². The van der Waals surface area contributed by atoms with Crippen molar-refractivity contribution >= 4 is 18.2 Å². The maximum absolute atomic E-state index is 14.3. The van der Waals surface area contributed by atoms with Crippen LogP contribution in [0.3, 0.4) is 0 Å². The first-order valence-electron chi connectivity index (χ1n) is 6.90. The summed E-state index contributed by atoms with van der Waals surface area (Å²) in [6, 6.07) is 6.86.